The van der Waals surface area contributed by atoms with Gasteiger partial charge in [-0.25, -0.2) is 4.98 Å². The van der Waals surface area contributed by atoms with Gasteiger partial charge in [0.2, 0.25) is 5.91 Å². The third-order valence-electron chi connectivity index (χ3n) is 7.61. The van der Waals surface area contributed by atoms with Gasteiger partial charge in [-0.05, 0) is 61.2 Å². The molecule has 1 atom stereocenters. The molecule has 0 radical (unpaired) electrons. The lowest BCUT2D eigenvalue weighted by molar-refractivity contribution is -0.136. The predicted octanol–water partition coefficient (Wildman–Crippen LogP) is 4.21. The normalized spacial score (nSPS) is 19.2. The molecule has 7 rings (SSSR count). The van der Waals surface area contributed by atoms with Crippen LogP contribution in [0.4, 0.5) is 0 Å². The molecule has 7 nitrogen and oxygen atoms in total. The van der Waals surface area contributed by atoms with Gasteiger partial charge in [0, 0.05) is 50.4 Å². The second-order valence-corrected chi connectivity index (χ2v) is 10.2. The van der Waals surface area contributed by atoms with E-state index in [1.165, 1.54) is 6.42 Å². The number of aromatic nitrogens is 2. The third-order valence-corrected chi connectivity index (χ3v) is 7.61. The maximum atomic E-state index is 13.2. The summed E-state index contributed by atoms with van der Waals surface area (Å²) in [6.07, 6.45) is 5.47. The monoisotopic (exact) mass is 491 g/mol. The first-order chi connectivity index (χ1) is 18.1. The molecule has 7 heteroatoms. The van der Waals surface area contributed by atoms with Gasteiger partial charge < -0.3 is 14.2 Å². The summed E-state index contributed by atoms with van der Waals surface area (Å²) < 4.78 is 8.46. The molecule has 6 bridgehead atoms. The molecule has 3 aromatic rings. The summed E-state index contributed by atoms with van der Waals surface area (Å²) in [6, 6.07) is 13.8. The summed E-state index contributed by atoms with van der Waals surface area (Å²) in [4.78, 5) is 21.8. The largest absolute Gasteiger partial charge is 0.456 e. The Bertz CT molecular complexity index is 1470. The second kappa shape index (κ2) is 9.76. The van der Waals surface area contributed by atoms with Crippen LogP contribution in [0.5, 0.6) is 11.5 Å². The number of carbonyl (C=O) groups is 1. The summed E-state index contributed by atoms with van der Waals surface area (Å²) in [6.45, 7) is 5.58. The molecule has 1 saturated heterocycles. The van der Waals surface area contributed by atoms with Crippen LogP contribution >= 0.6 is 0 Å². The molecular formula is C30H29N5O2. The Morgan fingerprint density at radius 2 is 1.89 bits per heavy atom. The number of benzene rings is 2. The number of hydrogen-bond acceptors (Lipinski definition) is 5. The molecule has 1 saturated carbocycles. The standard InChI is InChI=1S/C30H29N5O2/c1-21-32-16-27-19-33-11-12-34(30(36)20-33)18-26-14-28(10-9-24(26)7-5-22-3-2-4-22)37-29-13-23(17-35(21)27)6-8-25(29)15-31/h6,8-10,13-14,16,22H,2-4,11-12,17-20H2,1H3. The number of piperazine rings is 1. The van der Waals surface area contributed by atoms with Crippen molar-refractivity contribution in [2.75, 3.05) is 19.6 Å². The average molecular weight is 492 g/mol. The first-order valence-electron chi connectivity index (χ1n) is 12.9. The topological polar surface area (TPSA) is 74.4 Å². The van der Waals surface area contributed by atoms with E-state index in [1.54, 1.807) is 0 Å². The smallest absolute Gasteiger partial charge is 0.237 e. The van der Waals surface area contributed by atoms with Crippen molar-refractivity contribution in [2.45, 2.75) is 45.8 Å². The van der Waals surface area contributed by atoms with Crippen LogP contribution in [0.15, 0.2) is 42.6 Å². The number of ether oxygens (including phenoxy) is 1. The fourth-order valence-corrected chi connectivity index (χ4v) is 5.12. The highest BCUT2D eigenvalue weighted by molar-refractivity contribution is 5.79. The number of nitriles is 1. The maximum Gasteiger partial charge on any atom is 0.237 e. The Hall–Kier alpha value is -4.07. The van der Waals surface area contributed by atoms with Gasteiger partial charge >= 0.3 is 0 Å². The Balaban J connectivity index is 1.42. The number of amides is 1. The number of imidazole rings is 1. The minimum absolute atomic E-state index is 0.113. The van der Waals surface area contributed by atoms with Gasteiger partial charge in [0.1, 0.15) is 23.4 Å². The summed E-state index contributed by atoms with van der Waals surface area (Å²) in [5.74, 6) is 9.44. The Morgan fingerprint density at radius 1 is 1.03 bits per heavy atom. The van der Waals surface area contributed by atoms with E-state index in [-0.39, 0.29) is 5.91 Å². The third kappa shape index (κ3) is 4.83. The Morgan fingerprint density at radius 3 is 2.68 bits per heavy atom. The van der Waals surface area contributed by atoms with Crippen LogP contribution in [0, 0.1) is 36.0 Å². The highest BCUT2D eigenvalue weighted by Crippen LogP contribution is 2.30. The fourth-order valence-electron chi connectivity index (χ4n) is 5.12. The lowest BCUT2D eigenvalue weighted by Crippen LogP contribution is -2.49. The molecule has 0 spiro atoms. The zero-order valence-electron chi connectivity index (χ0n) is 21.0. The van der Waals surface area contributed by atoms with Gasteiger partial charge in [-0.15, -0.1) is 0 Å². The molecule has 4 aliphatic rings. The van der Waals surface area contributed by atoms with Gasteiger partial charge in [-0.3, -0.25) is 9.69 Å². The predicted molar refractivity (Wildman–Crippen MR) is 139 cm³/mol. The number of aryl methyl sites for hydroxylation is 1. The van der Waals surface area contributed by atoms with Gasteiger partial charge in [0.05, 0.1) is 17.8 Å². The Labute approximate surface area is 217 Å². The molecule has 2 fully saturated rings. The summed E-state index contributed by atoms with van der Waals surface area (Å²) in [5, 5.41) is 9.73. The number of fused-ring (bicyclic) bond motifs is 2. The van der Waals surface area contributed by atoms with Gasteiger partial charge in [-0.2, -0.15) is 5.26 Å². The van der Waals surface area contributed by atoms with Crippen molar-refractivity contribution in [3.8, 4) is 29.4 Å². The fraction of sp³-hybridized carbons (Fsp3) is 0.367. The average Bonchev–Trinajstić information content (AvgIpc) is 3.19. The zero-order valence-corrected chi connectivity index (χ0v) is 21.0. The van der Waals surface area contributed by atoms with Crippen molar-refractivity contribution in [3.63, 3.8) is 0 Å². The number of carbonyl (C=O) groups excluding carboxylic acids is 1. The van der Waals surface area contributed by atoms with Crippen LogP contribution in [0.1, 0.15) is 53.0 Å². The zero-order chi connectivity index (χ0) is 25.4. The lowest BCUT2D eigenvalue weighted by atomic mass is 9.86. The van der Waals surface area contributed by atoms with E-state index in [0.29, 0.717) is 55.7 Å². The van der Waals surface area contributed by atoms with E-state index in [2.05, 4.69) is 32.4 Å². The lowest BCUT2D eigenvalue weighted by Gasteiger charge is -2.34. The molecular weight excluding hydrogens is 462 g/mol. The van der Waals surface area contributed by atoms with Crippen molar-refractivity contribution in [2.24, 2.45) is 5.92 Å². The van der Waals surface area contributed by atoms with Crippen LogP contribution in [-0.4, -0.2) is 44.9 Å². The molecule has 37 heavy (non-hydrogen) atoms. The van der Waals surface area contributed by atoms with Crippen molar-refractivity contribution in [1.29, 1.82) is 5.26 Å². The molecule has 1 aliphatic carbocycles. The van der Waals surface area contributed by atoms with E-state index < -0.39 is 0 Å². The van der Waals surface area contributed by atoms with Crippen LogP contribution in [0.2, 0.25) is 0 Å². The van der Waals surface area contributed by atoms with E-state index in [4.69, 9.17) is 4.74 Å². The second-order valence-electron chi connectivity index (χ2n) is 10.2. The van der Waals surface area contributed by atoms with Crippen LogP contribution in [0.3, 0.4) is 0 Å². The molecule has 1 amide bonds. The summed E-state index contributed by atoms with van der Waals surface area (Å²) in [7, 11) is 0. The highest BCUT2D eigenvalue weighted by Gasteiger charge is 2.26. The highest BCUT2D eigenvalue weighted by atomic mass is 16.5. The van der Waals surface area contributed by atoms with E-state index in [0.717, 1.165) is 47.6 Å². The summed E-state index contributed by atoms with van der Waals surface area (Å²) >= 11 is 0. The number of nitrogens with zero attached hydrogens (tertiary/aromatic N) is 5. The molecule has 0 N–H and O–H groups in total. The van der Waals surface area contributed by atoms with Gasteiger partial charge in [0.15, 0.2) is 0 Å². The minimum atomic E-state index is 0.113. The van der Waals surface area contributed by atoms with Crippen molar-refractivity contribution >= 4 is 5.91 Å². The van der Waals surface area contributed by atoms with E-state index in [1.807, 2.05) is 54.4 Å². The SMILES string of the molecule is Cc1ncc2n1Cc1ccc(C#N)c(c1)Oc1ccc(C#CC3CCC3)c(c1)CN1CCN(CC1=O)C2. The number of hydrogen-bond donors (Lipinski definition) is 0. The summed E-state index contributed by atoms with van der Waals surface area (Å²) in [5.41, 5.74) is 4.47. The first-order valence-corrected chi connectivity index (χ1v) is 12.9. The molecule has 4 heterocycles. The number of rotatable bonds is 0. The van der Waals surface area contributed by atoms with Crippen molar-refractivity contribution in [3.05, 3.63) is 76.4 Å². The van der Waals surface area contributed by atoms with Crippen molar-refractivity contribution in [1.82, 2.24) is 19.4 Å². The quantitative estimate of drug-likeness (QED) is 0.441. The van der Waals surface area contributed by atoms with Gasteiger partial charge in [0.25, 0.3) is 0 Å². The van der Waals surface area contributed by atoms with Gasteiger partial charge in [-0.1, -0.05) is 24.3 Å². The molecule has 1 aromatic heterocycles. The molecule has 3 aliphatic heterocycles. The molecule has 1 unspecified atom stereocenters. The van der Waals surface area contributed by atoms with E-state index >= 15 is 0 Å². The Kier molecular flexibility index (Phi) is 6.16. The first kappa shape index (κ1) is 23.3. The van der Waals surface area contributed by atoms with Crippen LogP contribution in [-0.2, 0) is 24.4 Å². The maximum absolute atomic E-state index is 13.2. The molecule has 2 aromatic carbocycles. The van der Waals surface area contributed by atoms with E-state index in [9.17, 15) is 10.1 Å². The van der Waals surface area contributed by atoms with Crippen LogP contribution < -0.4 is 4.74 Å². The van der Waals surface area contributed by atoms with Crippen LogP contribution in [0.25, 0.3) is 0 Å². The molecule has 186 valence electrons. The minimum Gasteiger partial charge on any atom is -0.456 e. The van der Waals surface area contributed by atoms with Crippen molar-refractivity contribution < 1.29 is 9.53 Å².